The van der Waals surface area contributed by atoms with Crippen molar-refractivity contribution in [2.45, 2.75) is 26.3 Å². The average molecular weight is 545 g/mol. The van der Waals surface area contributed by atoms with E-state index in [1.54, 1.807) is 37.3 Å². The average Bonchev–Trinajstić information content (AvgIpc) is 3.46. The highest BCUT2D eigenvalue weighted by Crippen LogP contribution is 2.43. The van der Waals surface area contributed by atoms with Crippen LogP contribution in [-0.4, -0.2) is 41.0 Å². The van der Waals surface area contributed by atoms with Gasteiger partial charge in [0.05, 0.1) is 23.9 Å². The molecule has 1 aliphatic rings. The summed E-state index contributed by atoms with van der Waals surface area (Å²) in [6.07, 6.45) is 5.20. The Bertz CT molecular complexity index is 1460. The molecule has 1 N–H and O–H groups in total. The summed E-state index contributed by atoms with van der Waals surface area (Å²) in [5.74, 6) is -2.05. The van der Waals surface area contributed by atoms with Crippen molar-refractivity contribution in [1.29, 1.82) is 0 Å². The first-order valence-electron chi connectivity index (χ1n) is 12.4. The van der Waals surface area contributed by atoms with Gasteiger partial charge in [0.1, 0.15) is 17.2 Å². The van der Waals surface area contributed by atoms with E-state index in [1.807, 2.05) is 37.3 Å². The quantitative estimate of drug-likeness (QED) is 0.186. The molecule has 1 aliphatic heterocycles. The van der Waals surface area contributed by atoms with Crippen LogP contribution in [0.15, 0.2) is 84.7 Å². The number of ether oxygens (including phenoxy) is 2. The lowest BCUT2D eigenvalue weighted by atomic mass is 9.95. The molecule has 8 nitrogen and oxygen atoms in total. The second-order valence-corrected chi connectivity index (χ2v) is 9.64. The number of benzene rings is 2. The Morgan fingerprint density at radius 2 is 1.95 bits per heavy atom. The number of aliphatic hydroxyl groups excluding tert-OH is 1. The summed E-state index contributed by atoms with van der Waals surface area (Å²) in [4.78, 5) is 45.4. The Labute approximate surface area is 230 Å². The largest absolute Gasteiger partial charge is 0.503 e. The van der Waals surface area contributed by atoms with Crippen molar-refractivity contribution < 1.29 is 29.0 Å². The standard InChI is InChI=1S/C30H28N2O6S/c1-4-16-37-22-13-9-12-21(18-22)25-24(23(33)15-14-20-10-7-6-8-11-20)26(34)28(35)32(25)30-31-19(3)27(39-30)29(36)38-17-5-2/h5-15,18,25,34H,2,4,16-17H2,1,3H3/b15-14+. The second kappa shape index (κ2) is 12.4. The molecule has 2 heterocycles. The molecule has 0 fully saturated rings. The maximum absolute atomic E-state index is 13.5. The highest BCUT2D eigenvalue weighted by Gasteiger charge is 2.45. The number of carbonyl (C=O) groups is 3. The van der Waals surface area contributed by atoms with E-state index in [2.05, 4.69) is 11.6 Å². The van der Waals surface area contributed by atoms with Crippen LogP contribution in [0.3, 0.4) is 0 Å². The van der Waals surface area contributed by atoms with E-state index in [0.717, 1.165) is 23.3 Å². The number of rotatable bonds is 11. The molecule has 0 spiro atoms. The molecular formula is C30H28N2O6S. The van der Waals surface area contributed by atoms with E-state index in [4.69, 9.17) is 9.47 Å². The number of amides is 1. The first-order chi connectivity index (χ1) is 18.8. The number of carbonyl (C=O) groups excluding carboxylic acids is 3. The Kier molecular flexibility index (Phi) is 8.73. The van der Waals surface area contributed by atoms with Gasteiger partial charge in [-0.25, -0.2) is 9.78 Å². The SMILES string of the molecule is C=CCOC(=O)c1sc(N2C(=O)C(O)=C(C(=O)/C=C/c3ccccc3)C2c2cccc(OCCC)c2)nc1C. The van der Waals surface area contributed by atoms with Crippen molar-refractivity contribution in [3.05, 3.63) is 106 Å². The van der Waals surface area contributed by atoms with Gasteiger partial charge in [-0.05, 0) is 42.7 Å². The first kappa shape index (κ1) is 27.5. The minimum Gasteiger partial charge on any atom is -0.503 e. The van der Waals surface area contributed by atoms with E-state index in [0.29, 0.717) is 23.6 Å². The number of anilines is 1. The number of aliphatic hydroxyl groups is 1. The molecule has 0 bridgehead atoms. The number of hydrogen-bond acceptors (Lipinski definition) is 8. The van der Waals surface area contributed by atoms with Crippen molar-refractivity contribution in [3.8, 4) is 5.75 Å². The lowest BCUT2D eigenvalue weighted by Gasteiger charge is -2.24. The van der Waals surface area contributed by atoms with Crippen LogP contribution in [0.2, 0.25) is 0 Å². The number of aryl methyl sites for hydroxylation is 1. The number of hydrogen-bond donors (Lipinski definition) is 1. The number of aromatic nitrogens is 1. The van der Waals surface area contributed by atoms with Crippen molar-refractivity contribution >= 4 is 40.2 Å². The van der Waals surface area contributed by atoms with Gasteiger partial charge in [-0.2, -0.15) is 0 Å². The molecule has 3 aromatic rings. The summed E-state index contributed by atoms with van der Waals surface area (Å²) >= 11 is 0.948. The molecule has 0 saturated heterocycles. The van der Waals surface area contributed by atoms with Crippen LogP contribution in [0.4, 0.5) is 5.13 Å². The van der Waals surface area contributed by atoms with Crippen LogP contribution in [0, 0.1) is 6.92 Å². The van der Waals surface area contributed by atoms with Crippen LogP contribution in [-0.2, 0) is 14.3 Å². The maximum atomic E-state index is 13.5. The van der Waals surface area contributed by atoms with Gasteiger partial charge in [0.2, 0.25) is 0 Å². The molecule has 1 amide bonds. The predicted octanol–water partition coefficient (Wildman–Crippen LogP) is 5.77. The zero-order valence-corrected chi connectivity index (χ0v) is 22.4. The zero-order chi connectivity index (χ0) is 27.9. The number of esters is 1. The van der Waals surface area contributed by atoms with Crippen molar-refractivity contribution in [2.75, 3.05) is 18.1 Å². The monoisotopic (exact) mass is 544 g/mol. The van der Waals surface area contributed by atoms with E-state index in [1.165, 1.54) is 17.1 Å². The molecule has 1 unspecified atom stereocenters. The summed E-state index contributed by atoms with van der Waals surface area (Å²) in [6, 6.07) is 15.2. The summed E-state index contributed by atoms with van der Waals surface area (Å²) in [7, 11) is 0. The second-order valence-electron chi connectivity index (χ2n) is 8.67. The van der Waals surface area contributed by atoms with Crippen molar-refractivity contribution in [1.82, 2.24) is 4.98 Å². The van der Waals surface area contributed by atoms with Crippen molar-refractivity contribution in [2.24, 2.45) is 0 Å². The van der Waals surface area contributed by atoms with Gasteiger partial charge in [-0.15, -0.1) is 0 Å². The Balaban J connectivity index is 1.78. The number of allylic oxidation sites excluding steroid dienone is 1. The normalized spacial score (nSPS) is 15.2. The molecule has 0 radical (unpaired) electrons. The highest BCUT2D eigenvalue weighted by atomic mass is 32.1. The zero-order valence-electron chi connectivity index (χ0n) is 21.6. The number of ketones is 1. The molecule has 9 heteroatoms. The van der Waals surface area contributed by atoms with E-state index < -0.39 is 29.5 Å². The topological polar surface area (TPSA) is 106 Å². The molecule has 200 valence electrons. The minimum absolute atomic E-state index is 0.0239. The van der Waals surface area contributed by atoms with E-state index >= 15 is 0 Å². The predicted molar refractivity (Wildman–Crippen MR) is 150 cm³/mol. The molecule has 0 aliphatic carbocycles. The summed E-state index contributed by atoms with van der Waals surface area (Å²) < 4.78 is 10.9. The summed E-state index contributed by atoms with van der Waals surface area (Å²) in [6.45, 7) is 7.67. The van der Waals surface area contributed by atoms with Crippen molar-refractivity contribution in [3.63, 3.8) is 0 Å². The Morgan fingerprint density at radius 1 is 1.18 bits per heavy atom. The Hall–Kier alpha value is -4.50. The lowest BCUT2D eigenvalue weighted by Crippen LogP contribution is -2.30. The van der Waals surface area contributed by atoms with Gasteiger partial charge in [0.25, 0.3) is 5.91 Å². The van der Waals surface area contributed by atoms with Gasteiger partial charge in [-0.1, -0.05) is 79.5 Å². The molecule has 0 saturated carbocycles. The van der Waals surface area contributed by atoms with Crippen LogP contribution >= 0.6 is 11.3 Å². The van der Waals surface area contributed by atoms with E-state index in [9.17, 15) is 19.5 Å². The Morgan fingerprint density at radius 3 is 2.67 bits per heavy atom. The fourth-order valence-corrected chi connectivity index (χ4v) is 5.05. The summed E-state index contributed by atoms with van der Waals surface area (Å²) in [5, 5.41) is 11.1. The summed E-state index contributed by atoms with van der Waals surface area (Å²) in [5.41, 5.74) is 1.60. The molecule has 2 aromatic carbocycles. The lowest BCUT2D eigenvalue weighted by molar-refractivity contribution is -0.117. The van der Waals surface area contributed by atoms with Gasteiger partial charge < -0.3 is 14.6 Å². The number of thiazole rings is 1. The van der Waals surface area contributed by atoms with Crippen LogP contribution in [0.25, 0.3) is 6.08 Å². The van der Waals surface area contributed by atoms with Crippen LogP contribution < -0.4 is 9.64 Å². The van der Waals surface area contributed by atoms with Crippen LogP contribution in [0.1, 0.15) is 45.9 Å². The smallest absolute Gasteiger partial charge is 0.350 e. The van der Waals surface area contributed by atoms with Gasteiger partial charge in [-0.3, -0.25) is 14.5 Å². The third kappa shape index (κ3) is 5.99. The van der Waals surface area contributed by atoms with Gasteiger partial charge in [0.15, 0.2) is 16.7 Å². The third-order valence-electron chi connectivity index (χ3n) is 5.86. The molecule has 1 aromatic heterocycles. The first-order valence-corrected chi connectivity index (χ1v) is 13.2. The number of nitrogens with zero attached hydrogens (tertiary/aromatic N) is 2. The minimum atomic E-state index is -1.00. The fraction of sp³-hybridized carbons (Fsp3) is 0.200. The molecule has 1 atom stereocenters. The molecular weight excluding hydrogens is 516 g/mol. The van der Waals surface area contributed by atoms with E-state index in [-0.39, 0.29) is 22.2 Å². The van der Waals surface area contributed by atoms with Gasteiger partial charge >= 0.3 is 5.97 Å². The van der Waals surface area contributed by atoms with Gasteiger partial charge in [0, 0.05) is 0 Å². The fourth-order valence-electron chi connectivity index (χ4n) is 4.06. The third-order valence-corrected chi connectivity index (χ3v) is 6.99. The maximum Gasteiger partial charge on any atom is 0.350 e. The molecule has 39 heavy (non-hydrogen) atoms. The highest BCUT2D eigenvalue weighted by molar-refractivity contribution is 7.17. The van der Waals surface area contributed by atoms with Crippen LogP contribution in [0.5, 0.6) is 5.75 Å². The molecule has 4 rings (SSSR count).